The molecule has 96 valence electrons. The van der Waals surface area contributed by atoms with Gasteiger partial charge in [0.05, 0.1) is 8.45 Å². The van der Waals surface area contributed by atoms with Crippen molar-refractivity contribution in [2.45, 2.75) is 13.3 Å². The van der Waals surface area contributed by atoms with Gasteiger partial charge in [-0.2, -0.15) is 0 Å². The minimum Gasteiger partial charge on any atom is -0.369 e. The molecule has 0 spiro atoms. The molecule has 2 heterocycles. The second-order valence-electron chi connectivity index (χ2n) is 3.55. The van der Waals surface area contributed by atoms with Crippen LogP contribution in [0.2, 0.25) is 4.34 Å². The lowest BCUT2D eigenvalue weighted by Crippen LogP contribution is -2.05. The van der Waals surface area contributed by atoms with Gasteiger partial charge in [0.2, 0.25) is 0 Å². The van der Waals surface area contributed by atoms with Gasteiger partial charge in [0.15, 0.2) is 5.82 Å². The van der Waals surface area contributed by atoms with Crippen LogP contribution in [0.5, 0.6) is 0 Å². The Kier molecular flexibility index (Phi) is 5.23. The van der Waals surface area contributed by atoms with Crippen molar-refractivity contribution in [1.82, 2.24) is 9.97 Å². The molecule has 0 atom stereocenters. The van der Waals surface area contributed by atoms with Crippen molar-refractivity contribution in [2.24, 2.45) is 0 Å². The Balaban J connectivity index is 2.34. The monoisotopic (exact) mass is 457 g/mol. The van der Waals surface area contributed by atoms with Crippen LogP contribution in [0.3, 0.4) is 0 Å². The van der Waals surface area contributed by atoms with Crippen molar-refractivity contribution < 1.29 is 0 Å². The average Bonchev–Trinajstić information content (AvgIpc) is 2.69. The second kappa shape index (κ2) is 6.49. The van der Waals surface area contributed by atoms with Gasteiger partial charge in [0.25, 0.3) is 0 Å². The van der Waals surface area contributed by atoms with E-state index in [0.717, 1.165) is 36.0 Å². The lowest BCUT2D eigenvalue weighted by Gasteiger charge is -2.07. The molecule has 0 aliphatic heterocycles. The molecule has 2 rings (SSSR count). The van der Waals surface area contributed by atoms with Gasteiger partial charge in [-0.15, -0.1) is 11.3 Å². The van der Waals surface area contributed by atoms with Crippen molar-refractivity contribution in [3.63, 3.8) is 0 Å². The van der Waals surface area contributed by atoms with Crippen LogP contribution in [-0.2, 0) is 0 Å². The van der Waals surface area contributed by atoms with Crippen molar-refractivity contribution >= 4 is 67.3 Å². The van der Waals surface area contributed by atoms with Crippen LogP contribution in [-0.4, -0.2) is 16.5 Å². The molecule has 0 aliphatic rings. The number of hydrogen-bond acceptors (Lipinski definition) is 4. The predicted octanol–water partition coefficient (Wildman–Crippen LogP) is 5.05. The SMILES string of the molecule is CCCNc1nc(-c2cc(Br)c(Cl)s2)ncc1I. The Labute approximate surface area is 137 Å². The highest BCUT2D eigenvalue weighted by Crippen LogP contribution is 2.37. The summed E-state index contributed by atoms with van der Waals surface area (Å²) in [6, 6.07) is 1.94. The number of thiophene rings is 1. The number of anilines is 1. The van der Waals surface area contributed by atoms with Gasteiger partial charge in [0.1, 0.15) is 10.2 Å². The van der Waals surface area contributed by atoms with Crippen LogP contribution in [0.1, 0.15) is 13.3 Å². The summed E-state index contributed by atoms with van der Waals surface area (Å²) < 4.78 is 2.62. The second-order valence-corrected chi connectivity index (χ2v) is 7.22. The molecule has 1 N–H and O–H groups in total. The van der Waals surface area contributed by atoms with E-state index < -0.39 is 0 Å². The van der Waals surface area contributed by atoms with Gasteiger partial charge in [-0.1, -0.05) is 18.5 Å². The van der Waals surface area contributed by atoms with Gasteiger partial charge in [-0.05, 0) is 51.0 Å². The average molecular weight is 459 g/mol. The maximum atomic E-state index is 6.03. The number of nitrogens with zero attached hydrogens (tertiary/aromatic N) is 2. The zero-order valence-corrected chi connectivity index (χ0v) is 14.8. The number of hydrogen-bond donors (Lipinski definition) is 1. The summed E-state index contributed by atoms with van der Waals surface area (Å²) in [7, 11) is 0. The molecule has 0 amide bonds. The molecule has 0 radical (unpaired) electrons. The lowest BCUT2D eigenvalue weighted by molar-refractivity contribution is 0.963. The third-order valence-electron chi connectivity index (χ3n) is 2.15. The van der Waals surface area contributed by atoms with Crippen molar-refractivity contribution in [1.29, 1.82) is 0 Å². The van der Waals surface area contributed by atoms with E-state index in [2.05, 4.69) is 60.7 Å². The third-order valence-corrected chi connectivity index (χ3v) is 5.41. The Morgan fingerprint density at radius 2 is 2.33 bits per heavy atom. The number of rotatable bonds is 4. The maximum absolute atomic E-state index is 6.03. The number of halogens is 3. The van der Waals surface area contributed by atoms with Gasteiger partial charge < -0.3 is 5.32 Å². The summed E-state index contributed by atoms with van der Waals surface area (Å²) >= 11 is 13.1. The molecular weight excluding hydrogens is 448 g/mol. The van der Waals surface area contributed by atoms with Crippen LogP contribution < -0.4 is 5.32 Å². The fraction of sp³-hybridized carbons (Fsp3) is 0.273. The highest BCUT2D eigenvalue weighted by molar-refractivity contribution is 14.1. The molecule has 3 nitrogen and oxygen atoms in total. The largest absolute Gasteiger partial charge is 0.369 e. The molecular formula is C11H10BrClIN3S. The van der Waals surface area contributed by atoms with Crippen LogP contribution >= 0.6 is 61.5 Å². The zero-order valence-electron chi connectivity index (χ0n) is 9.51. The molecule has 0 unspecified atom stereocenters. The maximum Gasteiger partial charge on any atom is 0.171 e. The highest BCUT2D eigenvalue weighted by Gasteiger charge is 2.11. The van der Waals surface area contributed by atoms with E-state index in [9.17, 15) is 0 Å². The van der Waals surface area contributed by atoms with Gasteiger partial charge in [-0.3, -0.25) is 0 Å². The van der Waals surface area contributed by atoms with Crippen molar-refractivity contribution in [3.8, 4) is 10.7 Å². The summed E-state index contributed by atoms with van der Waals surface area (Å²) in [5, 5.41) is 3.30. The zero-order chi connectivity index (χ0) is 13.1. The minimum atomic E-state index is 0.701. The quantitative estimate of drug-likeness (QED) is 0.652. The Morgan fingerprint density at radius 1 is 1.56 bits per heavy atom. The first kappa shape index (κ1) is 14.5. The summed E-state index contributed by atoms with van der Waals surface area (Å²) in [5.74, 6) is 1.58. The fourth-order valence-electron chi connectivity index (χ4n) is 1.31. The van der Waals surface area contributed by atoms with E-state index in [-0.39, 0.29) is 0 Å². The minimum absolute atomic E-state index is 0.701. The summed E-state index contributed by atoms with van der Waals surface area (Å²) in [5.41, 5.74) is 0. The molecule has 2 aromatic rings. The first-order valence-electron chi connectivity index (χ1n) is 5.33. The van der Waals surface area contributed by atoms with E-state index >= 15 is 0 Å². The van der Waals surface area contributed by atoms with E-state index in [1.54, 1.807) is 0 Å². The van der Waals surface area contributed by atoms with Crippen LogP contribution in [0.25, 0.3) is 10.7 Å². The van der Waals surface area contributed by atoms with E-state index in [0.29, 0.717) is 5.82 Å². The topological polar surface area (TPSA) is 37.8 Å². The normalized spacial score (nSPS) is 10.7. The Morgan fingerprint density at radius 3 is 2.94 bits per heavy atom. The first-order chi connectivity index (χ1) is 8.61. The van der Waals surface area contributed by atoms with Crippen LogP contribution in [0.15, 0.2) is 16.7 Å². The van der Waals surface area contributed by atoms with Gasteiger partial charge in [0, 0.05) is 17.2 Å². The Bertz CT molecular complexity index is 542. The number of aromatic nitrogens is 2. The molecule has 0 bridgehead atoms. The van der Waals surface area contributed by atoms with Crippen LogP contribution in [0.4, 0.5) is 5.82 Å². The van der Waals surface area contributed by atoms with E-state index in [1.165, 1.54) is 11.3 Å². The molecule has 0 saturated heterocycles. The smallest absolute Gasteiger partial charge is 0.171 e. The molecule has 18 heavy (non-hydrogen) atoms. The number of nitrogens with one attached hydrogen (secondary N) is 1. The molecule has 2 aromatic heterocycles. The molecule has 7 heteroatoms. The van der Waals surface area contributed by atoms with Gasteiger partial charge >= 0.3 is 0 Å². The standard InChI is InChI=1S/C11H10BrClIN3S/c1-2-3-15-10-7(14)5-16-11(17-10)8-4-6(12)9(13)18-8/h4-5H,2-3H2,1H3,(H,15,16,17). The summed E-state index contributed by atoms with van der Waals surface area (Å²) in [6.07, 6.45) is 2.88. The molecule has 0 aliphatic carbocycles. The predicted molar refractivity (Wildman–Crippen MR) is 89.6 cm³/mol. The summed E-state index contributed by atoms with van der Waals surface area (Å²) in [6.45, 7) is 3.03. The highest BCUT2D eigenvalue weighted by atomic mass is 127. The van der Waals surface area contributed by atoms with Gasteiger partial charge in [-0.25, -0.2) is 9.97 Å². The fourth-order valence-corrected chi connectivity index (χ4v) is 3.40. The third kappa shape index (κ3) is 3.34. The van der Waals surface area contributed by atoms with Crippen molar-refractivity contribution in [2.75, 3.05) is 11.9 Å². The van der Waals surface area contributed by atoms with Crippen molar-refractivity contribution in [3.05, 3.63) is 24.6 Å². The molecule has 0 fully saturated rings. The Hall–Kier alpha value is 0.0800. The van der Waals surface area contributed by atoms with E-state index in [1.807, 2.05) is 12.3 Å². The molecule has 0 saturated carbocycles. The first-order valence-corrected chi connectivity index (χ1v) is 8.40. The summed E-state index contributed by atoms with van der Waals surface area (Å²) in [4.78, 5) is 9.84. The van der Waals surface area contributed by atoms with E-state index in [4.69, 9.17) is 11.6 Å². The molecule has 0 aromatic carbocycles. The van der Waals surface area contributed by atoms with Crippen LogP contribution in [0, 0.1) is 3.57 Å². The lowest BCUT2D eigenvalue weighted by atomic mass is 10.4.